The highest BCUT2D eigenvalue weighted by molar-refractivity contribution is 5.75. The van der Waals surface area contributed by atoms with Crippen molar-refractivity contribution in [2.75, 3.05) is 79.3 Å². The Morgan fingerprint density at radius 3 is 0.857 bits per heavy atom. The Balaban J connectivity index is 1.16. The number of carbonyl (C=O) groups is 6. The molecule has 140 heavy (non-hydrogen) atoms. The normalized spacial score (nSPS) is 45.7. The zero-order valence-corrected chi connectivity index (χ0v) is 75.7. The first-order chi connectivity index (χ1) is 66.2. The van der Waals surface area contributed by atoms with Crippen LogP contribution in [0.4, 0.5) is 0 Å². The molecule has 10 rings (SSSR count). The number of amides is 6. The van der Waals surface area contributed by atoms with E-state index in [9.17, 15) is 182 Å². The second-order valence-corrected chi connectivity index (χ2v) is 35.0. The summed E-state index contributed by atoms with van der Waals surface area (Å²) < 4.78 is 124. The molecule has 10 fully saturated rings. The Kier molecular flexibility index (Phi) is 43.5. The van der Waals surface area contributed by atoms with Crippen LogP contribution in [0, 0.1) is 0 Å². The van der Waals surface area contributed by atoms with Crippen molar-refractivity contribution in [2.24, 2.45) is 0 Å². The van der Waals surface area contributed by atoms with E-state index in [1.807, 2.05) is 0 Å². The van der Waals surface area contributed by atoms with Gasteiger partial charge in [-0.1, -0.05) is 0 Å². The van der Waals surface area contributed by atoms with Gasteiger partial charge in [-0.15, -0.1) is 0 Å². The number of rotatable bonds is 41. The minimum atomic E-state index is -2.93. The van der Waals surface area contributed by atoms with Crippen molar-refractivity contribution >= 4 is 35.4 Å². The third-order valence-electron chi connectivity index (χ3n) is 25.0. The molecule has 0 radical (unpaired) electrons. The van der Waals surface area contributed by atoms with Crippen LogP contribution in [-0.2, 0) is 124 Å². The van der Waals surface area contributed by atoms with E-state index < -0.39 is 446 Å². The van der Waals surface area contributed by atoms with Gasteiger partial charge in [-0.2, -0.15) is 0 Å². The SMILES string of the molecule is CC(=O)N[C@H]1[C@H](O[C@@H]([C@H](O)[C@H](CO)NC(C)=O)[C@H](O)CO)O[C@H](CO)[C@@H](O[C@@H]2O[C@H](CO[C@H]3O[C@H](CO)[C@@H](O)[C@H](O)[C@@H]3O[C@@H]3O[C@H](CO)[C@@H](O)[C@H](O)[C@H]3NC(C)=O)[C@@H](O[C@@H]3O[C@H](CO)[C@@H](O)[C@H](O)[C@H]3NC(C)=O)[C@H](O[C@H]3O[C@H](CO)[C@@H](O[C@@H]4O[C@H](CO)[C@@H](O[C@@H]5O[C@H](CO)[C@H](O)[C@H](O)[C@H]5O)[C@H](O)[C@H]4NC(C)=O)[C@H](O)[C@@H]3O[C@@H]3O[C@H](CO)[C@@H](O[C@@H]4O[C@H](CO)[C@H](O)[C@H](O)[C@H]4O)[C@H](O)[C@H]3NC(C)=O)[C@@H]2O)[C@@H]1O. The van der Waals surface area contributed by atoms with Crippen LogP contribution in [0.1, 0.15) is 41.5 Å². The molecule has 10 aliphatic heterocycles. The summed E-state index contributed by atoms with van der Waals surface area (Å²) in [6, 6.07) is -12.2. The molecule has 36 N–H and O–H groups in total. The number of ether oxygens (including phenoxy) is 20. The van der Waals surface area contributed by atoms with E-state index in [0.29, 0.717) is 0 Å². The first-order valence-corrected chi connectivity index (χ1v) is 44.6. The lowest BCUT2D eigenvalue weighted by molar-refractivity contribution is -0.414. The first-order valence-electron chi connectivity index (χ1n) is 44.6. The summed E-state index contributed by atoms with van der Waals surface area (Å²) in [4.78, 5) is 78.7. The minimum absolute atomic E-state index is 0.840. The zero-order chi connectivity index (χ0) is 104. The molecule has 0 bridgehead atoms. The van der Waals surface area contributed by atoms with Crippen molar-refractivity contribution in [1.29, 1.82) is 0 Å². The third kappa shape index (κ3) is 26.7. The zero-order valence-electron chi connectivity index (χ0n) is 75.7. The van der Waals surface area contributed by atoms with E-state index >= 15 is 0 Å². The van der Waals surface area contributed by atoms with Crippen LogP contribution in [0.5, 0.6) is 0 Å². The smallest absolute Gasteiger partial charge is 0.217 e. The average molecular weight is 2050 g/mol. The van der Waals surface area contributed by atoms with Gasteiger partial charge in [0.2, 0.25) is 35.4 Å². The van der Waals surface area contributed by atoms with Crippen molar-refractivity contribution < 1.29 is 277 Å². The third-order valence-corrected chi connectivity index (χ3v) is 25.0. The number of aliphatic hydroxyl groups excluding tert-OH is 30. The number of hydrogen-bond donors (Lipinski definition) is 36. The number of aliphatic hydroxyl groups is 30. The van der Waals surface area contributed by atoms with Gasteiger partial charge in [0.05, 0.1) is 85.3 Å². The molecule has 62 heteroatoms. The predicted octanol–water partition coefficient (Wildman–Crippen LogP) is -24.5. The number of hydrogen-bond acceptors (Lipinski definition) is 56. The molecule has 810 valence electrons. The van der Waals surface area contributed by atoms with Crippen molar-refractivity contribution in [2.45, 2.75) is 373 Å². The van der Waals surface area contributed by atoms with Crippen molar-refractivity contribution in [3.63, 3.8) is 0 Å². The van der Waals surface area contributed by atoms with Crippen LogP contribution in [-0.4, -0.2) is 599 Å². The summed E-state index contributed by atoms with van der Waals surface area (Å²) in [6.07, 6.45) is -110. The van der Waals surface area contributed by atoms with Crippen LogP contribution in [0.2, 0.25) is 0 Å². The maximum atomic E-state index is 13.7. The highest BCUT2D eigenvalue weighted by Crippen LogP contribution is 2.43. The summed E-state index contributed by atoms with van der Waals surface area (Å²) in [7, 11) is 0. The van der Waals surface area contributed by atoms with Crippen molar-refractivity contribution in [3.05, 3.63) is 0 Å². The second-order valence-electron chi connectivity index (χ2n) is 35.0. The Bertz CT molecular complexity index is 3860. The maximum Gasteiger partial charge on any atom is 0.217 e. The molecule has 0 aromatic rings. The molecule has 0 unspecified atom stereocenters. The lowest BCUT2D eigenvalue weighted by atomic mass is 9.93. The summed E-state index contributed by atoms with van der Waals surface area (Å²) in [5.41, 5.74) is 0. The van der Waals surface area contributed by atoms with Gasteiger partial charge in [-0.05, 0) is 0 Å². The first kappa shape index (κ1) is 117. The summed E-state index contributed by atoms with van der Waals surface area (Å²) in [5, 5.41) is 354. The van der Waals surface area contributed by atoms with Crippen LogP contribution < -0.4 is 31.9 Å². The molecule has 0 spiro atoms. The standard InChI is InChI=1S/C78H132N6O56/c1-19(96)79-25(7-85)42(103)60(26(102)8-86)132-71-39(82-22(4)99)50(111)63(34(16-94)127-71)136-76-59(120)66(65(137-69-37(80-20(2)97)48(109)43(104)27(9-87)122-69)36(131-76)18-121-77-67(55(116)47(108)31(13-91)126-77)139-70-38(81-21(3)98)49(110)44(105)28(10-88)123-70)138-78-68(140-73-41(84-24(6)101)52(113)62(33(15-93)129-73)135-75-57(118)54(115)46(107)30(12-90)125-75)58(119)64(35(17-95)130-78)133-72-40(83-23(5)100)51(112)61(32(14-92)128-72)134-74-56(117)53(114)45(106)29(11-89)124-74/h25-78,85-95,102-120H,7-18H2,1-6H3,(H,79,96)(H,80,97)(H,81,98)(H,82,99)(H,83,100)(H,84,101)/t25-,26+,27+,28+,29+,30+,31+,32+,33+,34+,35+,36+,37+,38+,39+,40+,41+,42+,43+,44+,45-,46-,47+,48+,49+,50+,51+,52+,53-,54-,55-,56+,57+,58-,59-,60+,61+,62+,63+,64+,65+,66+,67-,68-,69-,70-,71-,72-,73-,74-,75-,76-,77-,78+/m0/s1. The Hall–Kier alpha value is -5.18. The number of carbonyl (C=O) groups excluding carboxylic acids is 6. The Morgan fingerprint density at radius 2 is 0.507 bits per heavy atom. The molecule has 10 aliphatic rings. The molecule has 10 saturated heterocycles. The Labute approximate surface area is 793 Å². The molecule has 0 aliphatic carbocycles. The van der Waals surface area contributed by atoms with E-state index in [1.54, 1.807) is 0 Å². The molecule has 0 saturated carbocycles. The van der Waals surface area contributed by atoms with Gasteiger partial charge in [-0.3, -0.25) is 28.8 Å². The van der Waals surface area contributed by atoms with Gasteiger partial charge in [-0.25, -0.2) is 0 Å². The molecule has 10 heterocycles. The average Bonchev–Trinajstić information content (AvgIpc) is 0.752. The molecule has 54 atom stereocenters. The fraction of sp³-hybridized carbons (Fsp3) is 0.923. The maximum absolute atomic E-state index is 13.7. The van der Waals surface area contributed by atoms with E-state index in [2.05, 4.69) is 31.9 Å². The Morgan fingerprint density at radius 1 is 0.243 bits per heavy atom. The summed E-state index contributed by atoms with van der Waals surface area (Å²) in [6.45, 7) is -9.59. The van der Waals surface area contributed by atoms with Gasteiger partial charge in [0, 0.05) is 41.5 Å². The topological polar surface area (TPSA) is 966 Å². The minimum Gasteiger partial charge on any atom is -0.394 e. The molecular weight excluding hydrogens is 1920 g/mol. The van der Waals surface area contributed by atoms with E-state index in [0.717, 1.165) is 41.5 Å². The largest absolute Gasteiger partial charge is 0.394 e. The van der Waals surface area contributed by atoms with Crippen molar-refractivity contribution in [3.8, 4) is 0 Å². The van der Waals surface area contributed by atoms with Crippen molar-refractivity contribution in [1.82, 2.24) is 31.9 Å². The molecule has 0 aromatic heterocycles. The van der Waals surface area contributed by atoms with Gasteiger partial charge in [0.25, 0.3) is 0 Å². The van der Waals surface area contributed by atoms with Gasteiger partial charge >= 0.3 is 0 Å². The van der Waals surface area contributed by atoms with E-state index in [-0.39, 0.29) is 0 Å². The number of nitrogens with one attached hydrogen (secondary N) is 6. The van der Waals surface area contributed by atoms with Gasteiger partial charge in [0.15, 0.2) is 62.9 Å². The monoisotopic (exact) mass is 2050 g/mol. The second kappa shape index (κ2) is 52.1. The van der Waals surface area contributed by atoms with Crippen LogP contribution >= 0.6 is 0 Å². The molecular formula is C78H132N6O56. The summed E-state index contributed by atoms with van der Waals surface area (Å²) >= 11 is 0. The fourth-order valence-electron chi connectivity index (χ4n) is 17.8. The quantitative estimate of drug-likeness (QED) is 0.0270. The van der Waals surface area contributed by atoms with Crippen LogP contribution in [0.3, 0.4) is 0 Å². The predicted molar refractivity (Wildman–Crippen MR) is 434 cm³/mol. The lowest BCUT2D eigenvalue weighted by Crippen LogP contribution is -2.72. The molecule has 0 aromatic carbocycles. The van der Waals surface area contributed by atoms with Gasteiger partial charge < -0.3 is 280 Å². The summed E-state index contributed by atoms with van der Waals surface area (Å²) in [5.74, 6) is -6.12. The van der Waals surface area contributed by atoms with Crippen LogP contribution in [0.15, 0.2) is 0 Å². The molecule has 62 nitrogen and oxygen atoms in total. The van der Waals surface area contributed by atoms with E-state index in [4.69, 9.17) is 94.7 Å². The lowest BCUT2D eigenvalue weighted by Gasteiger charge is -2.53. The highest BCUT2D eigenvalue weighted by Gasteiger charge is 2.64. The van der Waals surface area contributed by atoms with E-state index in [1.165, 1.54) is 0 Å². The fourth-order valence-corrected chi connectivity index (χ4v) is 17.8. The van der Waals surface area contributed by atoms with Crippen LogP contribution in [0.25, 0.3) is 0 Å². The highest BCUT2D eigenvalue weighted by atomic mass is 16.8. The van der Waals surface area contributed by atoms with Gasteiger partial charge in [0.1, 0.15) is 262 Å². The molecule has 6 amide bonds.